The zero-order valence-corrected chi connectivity index (χ0v) is 12.0. The Kier molecular flexibility index (Phi) is 4.45. The third-order valence-corrected chi connectivity index (χ3v) is 3.61. The third kappa shape index (κ3) is 3.51. The van der Waals surface area contributed by atoms with E-state index in [-0.39, 0.29) is 11.9 Å². The minimum atomic E-state index is -0.957. The number of hydrogen-bond donors (Lipinski definition) is 3. The zero-order chi connectivity index (χ0) is 15.6. The largest absolute Gasteiger partial charge is 0.481 e. The number of rotatable bonds is 5. The summed E-state index contributed by atoms with van der Waals surface area (Å²) in [5.74, 6) is -2.96. The lowest BCUT2D eigenvalue weighted by Gasteiger charge is -2.32. The van der Waals surface area contributed by atoms with Crippen molar-refractivity contribution in [1.29, 1.82) is 0 Å². The van der Waals surface area contributed by atoms with Gasteiger partial charge in [-0.2, -0.15) is 0 Å². The van der Waals surface area contributed by atoms with Gasteiger partial charge in [0, 0.05) is 6.04 Å². The maximum atomic E-state index is 13.4. The highest BCUT2D eigenvalue weighted by molar-refractivity contribution is 5.98. The van der Waals surface area contributed by atoms with Crippen LogP contribution in [0.5, 0.6) is 0 Å². The molecular weight excluding hydrogens is 275 g/mol. The van der Waals surface area contributed by atoms with Crippen LogP contribution in [0.4, 0.5) is 15.8 Å². The minimum absolute atomic E-state index is 0.126. The van der Waals surface area contributed by atoms with E-state index in [1.165, 1.54) is 12.1 Å². The monoisotopic (exact) mass is 294 g/mol. The van der Waals surface area contributed by atoms with E-state index in [0.29, 0.717) is 24.2 Å². The highest BCUT2D eigenvalue weighted by Crippen LogP contribution is 2.36. The molecule has 2 rings (SSSR count). The predicted molar refractivity (Wildman–Crippen MR) is 77.6 cm³/mol. The molecule has 0 aromatic heterocycles. The average molecular weight is 294 g/mol. The van der Waals surface area contributed by atoms with Gasteiger partial charge < -0.3 is 15.7 Å². The van der Waals surface area contributed by atoms with Crippen LogP contribution in [0.3, 0.4) is 0 Å². The molecule has 2 atom stereocenters. The molecule has 1 fully saturated rings. The average Bonchev–Trinajstić information content (AvgIpc) is 2.29. The van der Waals surface area contributed by atoms with E-state index in [4.69, 9.17) is 5.11 Å². The first kappa shape index (κ1) is 15.3. The van der Waals surface area contributed by atoms with Crippen molar-refractivity contribution < 1.29 is 19.1 Å². The van der Waals surface area contributed by atoms with Crippen LogP contribution in [0, 0.1) is 17.7 Å². The summed E-state index contributed by atoms with van der Waals surface area (Å²) in [6, 6.07) is 4.22. The highest BCUT2D eigenvalue weighted by Gasteiger charge is 2.41. The van der Waals surface area contributed by atoms with E-state index in [2.05, 4.69) is 10.6 Å². The standard InChI is InChI=1S/C15H19FN2O3/c1-8(2)17-12-6-3-9(16)7-13(12)18-14(19)10-4-5-11(10)15(20)21/h3,6-8,10-11,17H,4-5H2,1-2H3,(H,18,19)(H,20,21). The van der Waals surface area contributed by atoms with Crippen LogP contribution in [0.1, 0.15) is 26.7 Å². The summed E-state index contributed by atoms with van der Waals surface area (Å²) < 4.78 is 13.4. The van der Waals surface area contributed by atoms with Crippen LogP contribution in [-0.2, 0) is 9.59 Å². The molecule has 3 N–H and O–H groups in total. The van der Waals surface area contributed by atoms with Gasteiger partial charge in [-0.25, -0.2) is 4.39 Å². The molecular formula is C15H19FN2O3. The lowest BCUT2D eigenvalue weighted by molar-refractivity contribution is -0.151. The number of amides is 1. The van der Waals surface area contributed by atoms with Crippen LogP contribution < -0.4 is 10.6 Å². The number of carboxylic acid groups (broad SMARTS) is 1. The van der Waals surface area contributed by atoms with Gasteiger partial charge in [-0.05, 0) is 44.9 Å². The van der Waals surface area contributed by atoms with Crippen molar-refractivity contribution in [3.8, 4) is 0 Å². The van der Waals surface area contributed by atoms with E-state index < -0.39 is 23.6 Å². The van der Waals surface area contributed by atoms with Crippen LogP contribution in [-0.4, -0.2) is 23.0 Å². The van der Waals surface area contributed by atoms with E-state index in [0.717, 1.165) is 0 Å². The van der Waals surface area contributed by atoms with Crippen LogP contribution in [0.15, 0.2) is 18.2 Å². The van der Waals surface area contributed by atoms with Crippen molar-refractivity contribution >= 4 is 23.3 Å². The lowest BCUT2D eigenvalue weighted by Crippen LogP contribution is -2.41. The molecule has 21 heavy (non-hydrogen) atoms. The first-order valence-electron chi connectivity index (χ1n) is 6.98. The lowest BCUT2D eigenvalue weighted by atomic mass is 9.73. The molecule has 5 nitrogen and oxygen atoms in total. The van der Waals surface area contributed by atoms with Crippen molar-refractivity contribution in [1.82, 2.24) is 0 Å². The summed E-state index contributed by atoms with van der Waals surface area (Å²) in [7, 11) is 0. The number of nitrogens with one attached hydrogen (secondary N) is 2. The van der Waals surface area contributed by atoms with E-state index in [1.54, 1.807) is 6.07 Å². The van der Waals surface area contributed by atoms with E-state index >= 15 is 0 Å². The smallest absolute Gasteiger partial charge is 0.307 e. The third-order valence-electron chi connectivity index (χ3n) is 3.61. The summed E-state index contributed by atoms with van der Waals surface area (Å²) in [4.78, 5) is 23.1. The quantitative estimate of drug-likeness (QED) is 0.780. The topological polar surface area (TPSA) is 78.4 Å². The summed E-state index contributed by atoms with van der Waals surface area (Å²) in [5, 5.41) is 14.7. The Hall–Kier alpha value is -2.11. The van der Waals surface area contributed by atoms with Gasteiger partial charge in [-0.3, -0.25) is 9.59 Å². The van der Waals surface area contributed by atoms with Gasteiger partial charge in [0.15, 0.2) is 0 Å². The number of carboxylic acids is 1. The van der Waals surface area contributed by atoms with Gasteiger partial charge >= 0.3 is 5.97 Å². The Bertz CT molecular complexity index is 560. The predicted octanol–water partition coefficient (Wildman–Crippen LogP) is 2.70. The molecule has 0 radical (unpaired) electrons. The molecule has 1 aliphatic rings. The van der Waals surface area contributed by atoms with Crippen molar-refractivity contribution in [2.75, 3.05) is 10.6 Å². The second-order valence-electron chi connectivity index (χ2n) is 5.61. The maximum absolute atomic E-state index is 13.4. The summed E-state index contributed by atoms with van der Waals surface area (Å²) in [5.41, 5.74) is 0.954. The Morgan fingerprint density at radius 1 is 1.24 bits per heavy atom. The number of hydrogen-bond acceptors (Lipinski definition) is 3. The van der Waals surface area contributed by atoms with Gasteiger partial charge in [-0.1, -0.05) is 0 Å². The van der Waals surface area contributed by atoms with Gasteiger partial charge in [0.25, 0.3) is 0 Å². The molecule has 6 heteroatoms. The SMILES string of the molecule is CC(C)Nc1ccc(F)cc1NC(=O)C1CCC1C(=O)O. The minimum Gasteiger partial charge on any atom is -0.481 e. The Morgan fingerprint density at radius 3 is 2.43 bits per heavy atom. The Labute approximate surface area is 122 Å². The van der Waals surface area contributed by atoms with Gasteiger partial charge in [0.1, 0.15) is 5.82 Å². The number of benzene rings is 1. The van der Waals surface area contributed by atoms with Crippen molar-refractivity contribution in [2.24, 2.45) is 11.8 Å². The number of aliphatic carboxylic acids is 1. The highest BCUT2D eigenvalue weighted by atomic mass is 19.1. The fraction of sp³-hybridized carbons (Fsp3) is 0.467. The molecule has 0 spiro atoms. The Balaban J connectivity index is 2.13. The molecule has 0 bridgehead atoms. The van der Waals surface area contributed by atoms with Gasteiger partial charge in [-0.15, -0.1) is 0 Å². The molecule has 1 aliphatic carbocycles. The van der Waals surface area contributed by atoms with Crippen molar-refractivity contribution in [3.63, 3.8) is 0 Å². The van der Waals surface area contributed by atoms with Crippen LogP contribution in [0.25, 0.3) is 0 Å². The normalized spacial score (nSPS) is 20.8. The molecule has 0 aliphatic heterocycles. The second-order valence-corrected chi connectivity index (χ2v) is 5.61. The Morgan fingerprint density at radius 2 is 1.90 bits per heavy atom. The zero-order valence-electron chi connectivity index (χ0n) is 12.0. The fourth-order valence-corrected chi connectivity index (χ4v) is 2.39. The van der Waals surface area contributed by atoms with E-state index in [9.17, 15) is 14.0 Å². The molecule has 0 saturated heterocycles. The molecule has 1 saturated carbocycles. The van der Waals surface area contributed by atoms with E-state index in [1.807, 2.05) is 13.8 Å². The summed E-state index contributed by atoms with van der Waals surface area (Å²) in [6.07, 6.45) is 1.05. The number of anilines is 2. The summed E-state index contributed by atoms with van der Waals surface area (Å²) >= 11 is 0. The van der Waals surface area contributed by atoms with Crippen molar-refractivity contribution in [2.45, 2.75) is 32.7 Å². The molecule has 114 valence electrons. The molecule has 0 heterocycles. The number of carbonyl (C=O) groups excluding carboxylic acids is 1. The van der Waals surface area contributed by atoms with Gasteiger partial charge in [0.2, 0.25) is 5.91 Å². The molecule has 1 amide bonds. The summed E-state index contributed by atoms with van der Waals surface area (Å²) in [6.45, 7) is 3.86. The molecule has 1 aromatic rings. The molecule has 2 unspecified atom stereocenters. The number of halogens is 1. The fourth-order valence-electron chi connectivity index (χ4n) is 2.39. The maximum Gasteiger partial charge on any atom is 0.307 e. The van der Waals surface area contributed by atoms with Crippen LogP contribution in [0.2, 0.25) is 0 Å². The van der Waals surface area contributed by atoms with Crippen molar-refractivity contribution in [3.05, 3.63) is 24.0 Å². The first-order valence-corrected chi connectivity index (χ1v) is 6.98. The number of carbonyl (C=O) groups is 2. The second kappa shape index (κ2) is 6.11. The first-order chi connectivity index (χ1) is 9.88. The van der Waals surface area contributed by atoms with Gasteiger partial charge in [0.05, 0.1) is 23.2 Å². The molecule has 1 aromatic carbocycles. The van der Waals surface area contributed by atoms with Crippen LogP contribution >= 0.6 is 0 Å².